The molecule has 1 saturated heterocycles. The first-order valence-corrected chi connectivity index (χ1v) is 13.3. The molecule has 4 atom stereocenters. The number of benzene rings is 2. The van der Waals surface area contributed by atoms with Gasteiger partial charge in [-0.25, -0.2) is 0 Å². The van der Waals surface area contributed by atoms with Gasteiger partial charge in [-0.3, -0.25) is 15.0 Å². The molecule has 2 bridgehead atoms. The molecule has 1 N–H and O–H groups in total. The average molecular weight is 569 g/mol. The number of amides is 1. The van der Waals surface area contributed by atoms with Crippen molar-refractivity contribution in [3.05, 3.63) is 71.3 Å². The number of likely N-dealkylation sites (tertiary alicyclic amines) is 1. The fraction of sp³-hybridized carbons (Fsp3) is 0.348. The van der Waals surface area contributed by atoms with E-state index in [2.05, 4.69) is 60.6 Å². The number of rotatable bonds is 6. The number of piperidine rings is 1. The summed E-state index contributed by atoms with van der Waals surface area (Å²) in [4.78, 5) is 15.4. The maximum Gasteiger partial charge on any atom is 0.416 e. The Hall–Kier alpha value is -1.95. The molecule has 5 rings (SSSR count). The van der Waals surface area contributed by atoms with E-state index in [1.807, 2.05) is 6.07 Å². The molecule has 1 aliphatic carbocycles. The van der Waals surface area contributed by atoms with Gasteiger partial charge >= 0.3 is 6.18 Å². The van der Waals surface area contributed by atoms with E-state index in [0.29, 0.717) is 22.0 Å². The van der Waals surface area contributed by atoms with Gasteiger partial charge in [0.1, 0.15) is 0 Å². The Labute approximate surface area is 211 Å². The van der Waals surface area contributed by atoms with Crippen molar-refractivity contribution >= 4 is 50.1 Å². The van der Waals surface area contributed by atoms with E-state index in [1.54, 1.807) is 11.8 Å². The van der Waals surface area contributed by atoms with Crippen molar-refractivity contribution < 1.29 is 18.0 Å². The van der Waals surface area contributed by atoms with Gasteiger partial charge in [-0.2, -0.15) is 13.2 Å². The molecule has 34 heavy (non-hydrogen) atoms. The number of nitrogens with zero attached hydrogens (tertiary/aromatic N) is 3. The van der Waals surface area contributed by atoms with Gasteiger partial charge in [-0.05, 0) is 36.1 Å². The van der Waals surface area contributed by atoms with Crippen LogP contribution in [0, 0.1) is 5.92 Å². The number of anilines is 1. The summed E-state index contributed by atoms with van der Waals surface area (Å²) in [7, 11) is 0. The molecular formula is C23H20BrF3N4OS2. The van der Waals surface area contributed by atoms with Crippen molar-refractivity contribution in [2.45, 2.75) is 39.6 Å². The van der Waals surface area contributed by atoms with Crippen LogP contribution in [0.4, 0.5) is 18.3 Å². The minimum Gasteiger partial charge on any atom is -0.296 e. The van der Waals surface area contributed by atoms with E-state index in [9.17, 15) is 18.0 Å². The molecule has 1 aromatic heterocycles. The van der Waals surface area contributed by atoms with Gasteiger partial charge in [0.2, 0.25) is 5.13 Å². The van der Waals surface area contributed by atoms with Crippen LogP contribution in [0.2, 0.25) is 0 Å². The lowest BCUT2D eigenvalue weighted by Gasteiger charge is -2.32. The number of carbonyl (C=O) groups is 1. The van der Waals surface area contributed by atoms with E-state index < -0.39 is 17.6 Å². The van der Waals surface area contributed by atoms with Crippen LogP contribution in [0.15, 0.2) is 58.9 Å². The van der Waals surface area contributed by atoms with Crippen molar-refractivity contribution in [1.29, 1.82) is 0 Å². The van der Waals surface area contributed by atoms with Gasteiger partial charge in [-0.15, -0.1) is 10.2 Å². The summed E-state index contributed by atoms with van der Waals surface area (Å²) in [6.45, 7) is 1.95. The molecule has 1 saturated carbocycles. The lowest BCUT2D eigenvalue weighted by Crippen LogP contribution is -2.40. The fourth-order valence-corrected chi connectivity index (χ4v) is 8.37. The Morgan fingerprint density at radius 3 is 2.71 bits per heavy atom. The van der Waals surface area contributed by atoms with Crippen molar-refractivity contribution in [2.24, 2.45) is 5.92 Å². The zero-order valence-electron chi connectivity index (χ0n) is 17.7. The maximum atomic E-state index is 12.9. The Morgan fingerprint density at radius 1 is 1.18 bits per heavy atom. The highest BCUT2D eigenvalue weighted by Crippen LogP contribution is 2.49. The maximum absolute atomic E-state index is 12.9. The molecule has 2 aromatic carbocycles. The monoisotopic (exact) mass is 568 g/mol. The smallest absolute Gasteiger partial charge is 0.296 e. The van der Waals surface area contributed by atoms with Crippen LogP contribution in [0.25, 0.3) is 0 Å². The Bertz CT molecular complexity index is 1180. The summed E-state index contributed by atoms with van der Waals surface area (Å²) in [6.07, 6.45) is -3.44. The van der Waals surface area contributed by atoms with Crippen LogP contribution in [0.1, 0.15) is 27.9 Å². The lowest BCUT2D eigenvalue weighted by molar-refractivity contribution is -0.137. The number of halogens is 4. The van der Waals surface area contributed by atoms with Gasteiger partial charge in [0.15, 0.2) is 4.34 Å². The molecule has 5 nitrogen and oxygen atoms in total. The number of hydrogen-bond donors (Lipinski definition) is 1. The van der Waals surface area contributed by atoms with Crippen LogP contribution >= 0.6 is 39.0 Å². The highest BCUT2D eigenvalue weighted by Gasteiger charge is 2.51. The fourth-order valence-electron chi connectivity index (χ4n) is 4.64. The number of alkyl halides is 4. The summed E-state index contributed by atoms with van der Waals surface area (Å²) in [5.41, 5.74) is 0.342. The zero-order valence-corrected chi connectivity index (χ0v) is 20.9. The molecule has 178 valence electrons. The highest BCUT2D eigenvalue weighted by atomic mass is 79.9. The molecule has 2 heterocycles. The summed E-state index contributed by atoms with van der Waals surface area (Å²) in [5, 5.41) is 11.4. The van der Waals surface area contributed by atoms with Gasteiger partial charge < -0.3 is 0 Å². The van der Waals surface area contributed by atoms with Gasteiger partial charge in [0.25, 0.3) is 5.91 Å². The Kier molecular flexibility index (Phi) is 6.71. The summed E-state index contributed by atoms with van der Waals surface area (Å²) >= 11 is 6.79. The first kappa shape index (κ1) is 23.8. The third kappa shape index (κ3) is 5.02. The lowest BCUT2D eigenvalue weighted by atomic mass is 10.1. The van der Waals surface area contributed by atoms with Crippen molar-refractivity contribution in [3.63, 3.8) is 0 Å². The number of hydrogen-bond acceptors (Lipinski definition) is 6. The van der Waals surface area contributed by atoms with E-state index in [0.717, 1.165) is 36.0 Å². The van der Waals surface area contributed by atoms with Gasteiger partial charge in [0.05, 0.1) is 5.56 Å². The highest BCUT2D eigenvalue weighted by molar-refractivity contribution is 9.09. The molecule has 0 spiro atoms. The standard InChI is InChI=1S/C23H20BrF3N4OS2/c24-18-15-10-17(19(18)31(12-15)11-13-5-2-1-3-6-13)33-22-30-29-21(34-22)28-20(32)14-7-4-8-16(9-14)23(25,26)27/h1-9,15,17-19H,10-12H2,(H,28,29,32)/t15-,17+,18-,19+/m0/s1. The number of nitrogens with one attached hydrogen (secondary N) is 1. The second-order valence-electron chi connectivity index (χ2n) is 8.41. The third-order valence-corrected chi connectivity index (χ3v) is 9.66. The van der Waals surface area contributed by atoms with E-state index in [1.165, 1.54) is 29.0 Å². The first-order valence-electron chi connectivity index (χ1n) is 10.7. The third-order valence-electron chi connectivity index (χ3n) is 6.14. The number of carbonyl (C=O) groups excluding carboxylic acids is 1. The molecule has 1 amide bonds. The largest absolute Gasteiger partial charge is 0.416 e. The predicted molar refractivity (Wildman–Crippen MR) is 130 cm³/mol. The van der Waals surface area contributed by atoms with Gasteiger partial charge in [0, 0.05) is 34.8 Å². The molecule has 0 unspecified atom stereocenters. The van der Waals surface area contributed by atoms with Crippen molar-refractivity contribution in [2.75, 3.05) is 11.9 Å². The van der Waals surface area contributed by atoms with Crippen LogP contribution < -0.4 is 5.32 Å². The van der Waals surface area contributed by atoms with E-state index in [4.69, 9.17) is 0 Å². The van der Waals surface area contributed by atoms with Crippen LogP contribution in [-0.2, 0) is 12.7 Å². The average Bonchev–Trinajstić information content (AvgIpc) is 3.46. The summed E-state index contributed by atoms with van der Waals surface area (Å²) in [6, 6.07) is 15.1. The van der Waals surface area contributed by atoms with Crippen LogP contribution in [0.3, 0.4) is 0 Å². The van der Waals surface area contributed by atoms with Gasteiger partial charge in [-0.1, -0.05) is 75.4 Å². The molecule has 2 fully saturated rings. The molecule has 2 aliphatic rings. The Balaban J connectivity index is 1.23. The molecular weight excluding hydrogens is 549 g/mol. The number of fused-ring (bicyclic) bond motifs is 2. The number of thioether (sulfide) groups is 1. The van der Waals surface area contributed by atoms with Crippen LogP contribution in [-0.4, -0.2) is 43.7 Å². The van der Waals surface area contributed by atoms with Crippen molar-refractivity contribution in [1.82, 2.24) is 15.1 Å². The molecule has 11 heteroatoms. The molecule has 0 radical (unpaired) electrons. The second-order valence-corrected chi connectivity index (χ2v) is 11.9. The number of aromatic nitrogens is 2. The zero-order chi connectivity index (χ0) is 23.9. The Morgan fingerprint density at radius 2 is 1.97 bits per heavy atom. The minimum atomic E-state index is -4.51. The summed E-state index contributed by atoms with van der Waals surface area (Å²) in [5.74, 6) is -0.0764. The molecule has 1 aliphatic heterocycles. The minimum absolute atomic E-state index is 0.0778. The quantitative estimate of drug-likeness (QED) is 0.294. The van der Waals surface area contributed by atoms with E-state index in [-0.39, 0.29) is 10.7 Å². The van der Waals surface area contributed by atoms with E-state index >= 15 is 0 Å². The second kappa shape index (κ2) is 9.60. The molecule has 3 aromatic rings. The SMILES string of the molecule is O=C(Nc1nnc(S[C@@H]2C[C@H]3CN(Cc4ccccc4)[C@H]2[C@H]3Br)s1)c1cccc(C(F)(F)F)c1. The van der Waals surface area contributed by atoms with Crippen molar-refractivity contribution in [3.8, 4) is 0 Å². The normalized spacial score (nSPS) is 24.5. The summed E-state index contributed by atoms with van der Waals surface area (Å²) < 4.78 is 39.5. The predicted octanol–water partition coefficient (Wildman–Crippen LogP) is 5.94. The topological polar surface area (TPSA) is 58.1 Å². The van der Waals surface area contributed by atoms with Crippen LogP contribution in [0.5, 0.6) is 0 Å². The first-order chi connectivity index (χ1) is 16.3.